The largest absolute Gasteiger partial charge is 0.398 e. The predicted octanol–water partition coefficient (Wildman–Crippen LogP) is 2.49. The van der Waals surface area contributed by atoms with Crippen molar-refractivity contribution >= 4 is 22.4 Å². The van der Waals surface area contributed by atoms with E-state index >= 15 is 0 Å². The number of anilines is 1. The number of carbonyl (C=O) groups is 1. The Bertz CT molecular complexity index is 613. The van der Waals surface area contributed by atoms with Gasteiger partial charge in [0.1, 0.15) is 11.5 Å². The molecule has 2 aromatic rings. The molecular weight excluding hydrogens is 245 g/mol. The van der Waals surface area contributed by atoms with Crippen molar-refractivity contribution in [3.63, 3.8) is 0 Å². The lowest BCUT2D eigenvalue weighted by Crippen LogP contribution is -2.25. The number of nitrogens with zero attached hydrogens (tertiary/aromatic N) is 1. The van der Waals surface area contributed by atoms with Crippen LogP contribution in [0.25, 0.3) is 10.8 Å². The average Bonchev–Trinajstić information content (AvgIpc) is 2.42. The number of nitrogen functional groups attached to an aromatic ring is 1. The average molecular weight is 261 g/mol. The molecule has 1 heterocycles. The van der Waals surface area contributed by atoms with Gasteiger partial charge in [-0.15, -0.1) is 0 Å². The van der Waals surface area contributed by atoms with Crippen LogP contribution in [0.1, 0.15) is 30.3 Å². The van der Waals surface area contributed by atoms with Gasteiger partial charge in [-0.25, -0.2) is 4.39 Å². The Kier molecular flexibility index (Phi) is 3.94. The Labute approximate surface area is 110 Å². The van der Waals surface area contributed by atoms with Crippen LogP contribution >= 0.6 is 0 Å². The van der Waals surface area contributed by atoms with E-state index in [9.17, 15) is 9.18 Å². The fourth-order valence-corrected chi connectivity index (χ4v) is 1.92. The van der Waals surface area contributed by atoms with Crippen molar-refractivity contribution in [3.8, 4) is 0 Å². The number of unbranched alkanes of at least 4 members (excludes halogenated alkanes) is 1. The van der Waals surface area contributed by atoms with Crippen molar-refractivity contribution in [1.82, 2.24) is 10.3 Å². The minimum atomic E-state index is -0.408. The van der Waals surface area contributed by atoms with E-state index in [1.807, 2.05) is 6.92 Å². The quantitative estimate of drug-likeness (QED) is 0.656. The fraction of sp³-hybridized carbons (Fsp3) is 0.286. The summed E-state index contributed by atoms with van der Waals surface area (Å²) in [5, 5.41) is 3.45. The SMILES string of the molecule is CCCCNC(=O)c1nccc2c(F)ccc(N)c12. The molecule has 0 aliphatic rings. The number of hydrogen-bond donors (Lipinski definition) is 2. The minimum absolute atomic E-state index is 0.172. The molecule has 5 heteroatoms. The first-order valence-electron chi connectivity index (χ1n) is 6.26. The number of rotatable bonds is 4. The van der Waals surface area contributed by atoms with E-state index in [0.29, 0.717) is 23.0 Å². The molecule has 0 spiro atoms. The van der Waals surface area contributed by atoms with Crippen LogP contribution < -0.4 is 11.1 Å². The molecule has 0 fully saturated rings. The topological polar surface area (TPSA) is 68.0 Å². The molecule has 100 valence electrons. The van der Waals surface area contributed by atoms with Gasteiger partial charge in [-0.1, -0.05) is 13.3 Å². The molecule has 3 N–H and O–H groups in total. The first-order chi connectivity index (χ1) is 9.15. The molecular formula is C14H16FN3O. The van der Waals surface area contributed by atoms with Crippen molar-refractivity contribution < 1.29 is 9.18 Å². The fourth-order valence-electron chi connectivity index (χ4n) is 1.92. The van der Waals surface area contributed by atoms with Gasteiger partial charge in [0.05, 0.1) is 0 Å². The standard InChI is InChI=1S/C14H16FN3O/c1-2-3-7-18-14(19)13-12-9(6-8-17-13)10(15)4-5-11(12)16/h4-6,8H,2-3,7,16H2,1H3,(H,18,19). The number of carbonyl (C=O) groups excluding carboxylic acids is 1. The molecule has 19 heavy (non-hydrogen) atoms. The summed E-state index contributed by atoms with van der Waals surface area (Å²) in [5.74, 6) is -0.731. The van der Waals surface area contributed by atoms with Gasteiger partial charge in [-0.05, 0) is 24.6 Å². The maximum absolute atomic E-state index is 13.7. The molecule has 0 aliphatic heterocycles. The third kappa shape index (κ3) is 2.65. The number of halogens is 1. The van der Waals surface area contributed by atoms with Crippen LogP contribution in [0.5, 0.6) is 0 Å². The highest BCUT2D eigenvalue weighted by Crippen LogP contribution is 2.25. The van der Waals surface area contributed by atoms with Crippen LogP contribution in [-0.2, 0) is 0 Å². The number of fused-ring (bicyclic) bond motifs is 1. The summed E-state index contributed by atoms with van der Waals surface area (Å²) in [6, 6.07) is 4.25. The predicted molar refractivity (Wildman–Crippen MR) is 73.4 cm³/mol. The van der Waals surface area contributed by atoms with Gasteiger partial charge < -0.3 is 11.1 Å². The maximum Gasteiger partial charge on any atom is 0.270 e. The van der Waals surface area contributed by atoms with E-state index in [1.165, 1.54) is 24.4 Å². The van der Waals surface area contributed by atoms with E-state index in [2.05, 4.69) is 10.3 Å². The maximum atomic E-state index is 13.7. The molecule has 4 nitrogen and oxygen atoms in total. The molecule has 0 unspecified atom stereocenters. The third-order valence-electron chi connectivity index (χ3n) is 2.94. The Hall–Kier alpha value is -2.17. The van der Waals surface area contributed by atoms with Crippen LogP contribution in [0.3, 0.4) is 0 Å². The van der Waals surface area contributed by atoms with Crippen LogP contribution in [0.15, 0.2) is 24.4 Å². The highest BCUT2D eigenvalue weighted by molar-refractivity contribution is 6.09. The van der Waals surface area contributed by atoms with Crippen molar-refractivity contribution in [2.45, 2.75) is 19.8 Å². The molecule has 1 aromatic heterocycles. The van der Waals surface area contributed by atoms with Crippen LogP contribution in [0, 0.1) is 5.82 Å². The Morgan fingerprint density at radius 1 is 1.42 bits per heavy atom. The lowest BCUT2D eigenvalue weighted by Gasteiger charge is -2.09. The van der Waals surface area contributed by atoms with Gasteiger partial charge in [0.15, 0.2) is 0 Å². The lowest BCUT2D eigenvalue weighted by atomic mass is 10.1. The first-order valence-corrected chi connectivity index (χ1v) is 6.26. The summed E-state index contributed by atoms with van der Waals surface area (Å²) in [6.07, 6.45) is 3.29. The second kappa shape index (κ2) is 5.65. The number of benzene rings is 1. The molecule has 1 aromatic carbocycles. The minimum Gasteiger partial charge on any atom is -0.398 e. The summed E-state index contributed by atoms with van der Waals surface area (Å²) < 4.78 is 13.7. The van der Waals surface area contributed by atoms with E-state index < -0.39 is 5.82 Å². The second-order valence-corrected chi connectivity index (χ2v) is 4.33. The number of pyridine rings is 1. The van der Waals surface area contributed by atoms with E-state index in [-0.39, 0.29) is 11.6 Å². The second-order valence-electron chi connectivity index (χ2n) is 4.33. The van der Waals surface area contributed by atoms with Crippen molar-refractivity contribution in [1.29, 1.82) is 0 Å². The van der Waals surface area contributed by atoms with Crippen molar-refractivity contribution in [2.24, 2.45) is 0 Å². The van der Waals surface area contributed by atoms with Gasteiger partial charge in [0.25, 0.3) is 5.91 Å². The molecule has 0 saturated carbocycles. The van der Waals surface area contributed by atoms with Gasteiger partial charge in [-0.2, -0.15) is 0 Å². The Morgan fingerprint density at radius 3 is 2.95 bits per heavy atom. The van der Waals surface area contributed by atoms with Crippen molar-refractivity contribution in [3.05, 3.63) is 35.9 Å². The Morgan fingerprint density at radius 2 is 2.21 bits per heavy atom. The molecule has 1 amide bonds. The number of nitrogens with one attached hydrogen (secondary N) is 1. The van der Waals surface area contributed by atoms with Gasteiger partial charge in [0, 0.05) is 29.2 Å². The first kappa shape index (κ1) is 13.3. The number of aromatic nitrogens is 1. The van der Waals surface area contributed by atoms with Gasteiger partial charge >= 0.3 is 0 Å². The Balaban J connectivity index is 2.43. The zero-order chi connectivity index (χ0) is 13.8. The van der Waals surface area contributed by atoms with Gasteiger partial charge in [-0.3, -0.25) is 9.78 Å². The zero-order valence-corrected chi connectivity index (χ0v) is 10.7. The number of hydrogen-bond acceptors (Lipinski definition) is 3. The highest BCUT2D eigenvalue weighted by atomic mass is 19.1. The molecule has 0 aliphatic carbocycles. The molecule has 0 radical (unpaired) electrons. The summed E-state index contributed by atoms with van der Waals surface area (Å²) >= 11 is 0. The highest BCUT2D eigenvalue weighted by Gasteiger charge is 2.15. The summed E-state index contributed by atoms with van der Waals surface area (Å²) in [7, 11) is 0. The van der Waals surface area contributed by atoms with Crippen LogP contribution in [0.4, 0.5) is 10.1 Å². The third-order valence-corrected chi connectivity index (χ3v) is 2.94. The zero-order valence-electron chi connectivity index (χ0n) is 10.7. The normalized spacial score (nSPS) is 10.6. The molecule has 0 saturated heterocycles. The number of nitrogens with two attached hydrogens (primary N) is 1. The smallest absolute Gasteiger partial charge is 0.270 e. The summed E-state index contributed by atoms with van der Waals surface area (Å²) in [5.41, 5.74) is 6.36. The van der Waals surface area contributed by atoms with E-state index in [4.69, 9.17) is 5.73 Å². The van der Waals surface area contributed by atoms with Gasteiger partial charge in [0.2, 0.25) is 0 Å². The summed E-state index contributed by atoms with van der Waals surface area (Å²) in [4.78, 5) is 16.1. The molecule has 0 atom stereocenters. The summed E-state index contributed by atoms with van der Waals surface area (Å²) in [6.45, 7) is 2.61. The van der Waals surface area contributed by atoms with Crippen LogP contribution in [-0.4, -0.2) is 17.4 Å². The lowest BCUT2D eigenvalue weighted by molar-refractivity contribution is 0.0950. The van der Waals surface area contributed by atoms with Crippen LogP contribution in [0.2, 0.25) is 0 Å². The van der Waals surface area contributed by atoms with E-state index in [1.54, 1.807) is 0 Å². The monoisotopic (exact) mass is 261 g/mol. The number of amides is 1. The molecule has 0 bridgehead atoms. The van der Waals surface area contributed by atoms with Crippen molar-refractivity contribution in [2.75, 3.05) is 12.3 Å². The van der Waals surface area contributed by atoms with E-state index in [0.717, 1.165) is 12.8 Å². The molecule has 2 rings (SSSR count).